The molecule has 0 aliphatic carbocycles. The zero-order valence-electron chi connectivity index (χ0n) is 16.0. The molecule has 0 saturated heterocycles. The van der Waals surface area contributed by atoms with Gasteiger partial charge in [-0.1, -0.05) is 12.1 Å². The third-order valence-electron chi connectivity index (χ3n) is 4.24. The maximum absolute atomic E-state index is 13.6. The summed E-state index contributed by atoms with van der Waals surface area (Å²) in [6, 6.07) is 9.78. The molecule has 148 valence electrons. The minimum absolute atomic E-state index is 0.209. The van der Waals surface area contributed by atoms with Crippen molar-refractivity contribution >= 4 is 15.5 Å². The van der Waals surface area contributed by atoms with E-state index in [-0.39, 0.29) is 16.5 Å². The van der Waals surface area contributed by atoms with Gasteiger partial charge in [-0.05, 0) is 43.7 Å². The lowest BCUT2D eigenvalue weighted by molar-refractivity contribution is 0.414. The molecule has 7 nitrogen and oxygen atoms in total. The van der Waals surface area contributed by atoms with Crippen molar-refractivity contribution < 1.29 is 13.3 Å². The van der Waals surface area contributed by atoms with Crippen LogP contribution in [0.5, 0.6) is 5.75 Å². The first kappa shape index (κ1) is 19.8. The number of aromatic nitrogens is 3. The predicted molar refractivity (Wildman–Crippen MR) is 106 cm³/mol. The van der Waals surface area contributed by atoms with Crippen LogP contribution in [0.25, 0.3) is 0 Å². The molecular weight excluding hydrogens is 381 g/mol. The first-order valence-electron chi connectivity index (χ1n) is 8.53. The van der Waals surface area contributed by atoms with E-state index < -0.39 is 15.8 Å². The number of hydrogen-bond donors (Lipinski definition) is 3. The van der Waals surface area contributed by atoms with Crippen LogP contribution in [-0.4, -0.2) is 32.5 Å². The van der Waals surface area contributed by atoms with E-state index in [1.54, 1.807) is 27.0 Å². The molecule has 0 radical (unpaired) electrons. The van der Waals surface area contributed by atoms with Crippen LogP contribution in [0.3, 0.4) is 0 Å². The molecule has 2 aromatic heterocycles. The van der Waals surface area contributed by atoms with Crippen molar-refractivity contribution in [2.24, 2.45) is 0 Å². The number of pyridine rings is 1. The van der Waals surface area contributed by atoms with Gasteiger partial charge in [0.05, 0.1) is 22.5 Å². The molecule has 3 N–H and O–H groups in total. The summed E-state index contributed by atoms with van der Waals surface area (Å²) in [7, 11) is -1.41. The Hall–Kier alpha value is -2.94. The molecule has 3 aromatic rings. The van der Waals surface area contributed by atoms with Gasteiger partial charge in [0.25, 0.3) is 0 Å². The molecule has 0 spiro atoms. The van der Waals surface area contributed by atoms with Crippen molar-refractivity contribution in [3.8, 4) is 5.75 Å². The highest BCUT2D eigenvalue weighted by Gasteiger charge is 2.23. The van der Waals surface area contributed by atoms with Crippen LogP contribution in [-0.2, 0) is 9.73 Å². The van der Waals surface area contributed by atoms with Gasteiger partial charge in [0.1, 0.15) is 29.3 Å². The summed E-state index contributed by atoms with van der Waals surface area (Å²) in [6.07, 6.45) is 1.33. The number of nitrogens with zero attached hydrogens (tertiary/aromatic N) is 2. The highest BCUT2D eigenvalue weighted by molar-refractivity contribution is 7.91. The summed E-state index contributed by atoms with van der Waals surface area (Å²) in [5.74, 6) is 1.21. The van der Waals surface area contributed by atoms with Gasteiger partial charge in [-0.25, -0.2) is 23.3 Å². The summed E-state index contributed by atoms with van der Waals surface area (Å²) in [5.41, 5.74) is 1.65. The highest BCUT2D eigenvalue weighted by atomic mass is 32.2. The van der Waals surface area contributed by atoms with Crippen LogP contribution in [0, 0.1) is 24.4 Å². The van der Waals surface area contributed by atoms with Crippen molar-refractivity contribution in [2.45, 2.75) is 24.9 Å². The number of halogens is 1. The Bertz CT molecular complexity index is 1110. The molecule has 0 aliphatic rings. The number of methoxy groups -OCH3 is 1. The highest BCUT2D eigenvalue weighted by Crippen LogP contribution is 2.29. The standard InChI is InChI=1S/C19H22FN5O2S/c1-11-15(20)8-9-16(22-11)24-17(13-6-5-7-14(10-13)27-3)18-23-12(2)19(25-18)28(4,21)26/h5-10,17,21H,1-4H3,(H,22,24)(H,23,25). The van der Waals surface area contributed by atoms with Crippen LogP contribution >= 0.6 is 0 Å². The molecule has 28 heavy (non-hydrogen) atoms. The van der Waals surface area contributed by atoms with Crippen LogP contribution in [0.1, 0.15) is 28.8 Å². The van der Waals surface area contributed by atoms with Gasteiger partial charge < -0.3 is 15.0 Å². The Morgan fingerprint density at radius 2 is 2.00 bits per heavy atom. The van der Waals surface area contributed by atoms with E-state index >= 15 is 0 Å². The quantitative estimate of drug-likeness (QED) is 0.581. The summed E-state index contributed by atoms with van der Waals surface area (Å²) >= 11 is 0. The Morgan fingerprint density at radius 3 is 2.61 bits per heavy atom. The van der Waals surface area contributed by atoms with Crippen LogP contribution in [0.2, 0.25) is 0 Å². The topological polar surface area (TPSA) is 104 Å². The van der Waals surface area contributed by atoms with E-state index in [2.05, 4.69) is 20.3 Å². The molecule has 0 saturated carbocycles. The number of aryl methyl sites for hydroxylation is 2. The van der Waals surface area contributed by atoms with Crippen molar-refractivity contribution in [1.82, 2.24) is 15.0 Å². The van der Waals surface area contributed by atoms with E-state index in [0.717, 1.165) is 5.56 Å². The Balaban J connectivity index is 2.10. The molecule has 0 amide bonds. The van der Waals surface area contributed by atoms with E-state index in [1.165, 1.54) is 12.3 Å². The second-order valence-corrected chi connectivity index (χ2v) is 8.59. The minimum Gasteiger partial charge on any atom is -0.497 e. The van der Waals surface area contributed by atoms with Gasteiger partial charge in [0.15, 0.2) is 5.03 Å². The molecular formula is C19H22FN5O2S. The summed E-state index contributed by atoms with van der Waals surface area (Å²) in [6.45, 7) is 3.31. The average Bonchev–Trinajstić information content (AvgIpc) is 3.04. The predicted octanol–water partition coefficient (Wildman–Crippen LogP) is 3.81. The molecule has 3 rings (SSSR count). The van der Waals surface area contributed by atoms with Gasteiger partial charge in [-0.15, -0.1) is 0 Å². The summed E-state index contributed by atoms with van der Waals surface area (Å²) < 4.78 is 39.0. The lowest BCUT2D eigenvalue weighted by atomic mass is 10.1. The molecule has 0 aliphatic heterocycles. The Labute approximate surface area is 163 Å². The molecule has 0 bridgehead atoms. The van der Waals surface area contributed by atoms with E-state index in [1.807, 2.05) is 24.3 Å². The molecule has 1 aromatic carbocycles. The average molecular weight is 403 g/mol. The lowest BCUT2D eigenvalue weighted by Crippen LogP contribution is -2.15. The van der Waals surface area contributed by atoms with E-state index in [9.17, 15) is 8.60 Å². The third-order valence-corrected chi connectivity index (χ3v) is 5.38. The van der Waals surface area contributed by atoms with Crippen LogP contribution < -0.4 is 10.1 Å². The Kier molecular flexibility index (Phi) is 5.37. The molecule has 2 heterocycles. The summed E-state index contributed by atoms with van der Waals surface area (Å²) in [5, 5.41) is 3.45. The fourth-order valence-corrected chi connectivity index (χ4v) is 3.79. The van der Waals surface area contributed by atoms with Gasteiger partial charge in [0.2, 0.25) is 0 Å². The first-order valence-corrected chi connectivity index (χ1v) is 10.5. The number of H-pyrrole nitrogens is 1. The number of benzene rings is 1. The number of rotatable bonds is 6. The lowest BCUT2D eigenvalue weighted by Gasteiger charge is -2.19. The fourth-order valence-electron chi connectivity index (χ4n) is 2.89. The monoisotopic (exact) mass is 403 g/mol. The number of nitrogens with one attached hydrogen (secondary N) is 3. The first-order chi connectivity index (χ1) is 13.2. The van der Waals surface area contributed by atoms with Gasteiger partial charge in [-0.2, -0.15) is 0 Å². The minimum atomic E-state index is -2.99. The maximum atomic E-state index is 13.6. The van der Waals surface area contributed by atoms with Gasteiger partial charge >= 0.3 is 0 Å². The maximum Gasteiger partial charge on any atom is 0.156 e. The zero-order chi connectivity index (χ0) is 20.5. The SMILES string of the molecule is COc1cccc(C(Nc2ccc(F)c(C)n2)c2nc(S(C)(=N)=O)c(C)[nH]2)c1. The smallest absolute Gasteiger partial charge is 0.156 e. The van der Waals surface area contributed by atoms with Gasteiger partial charge in [0, 0.05) is 11.9 Å². The molecule has 0 fully saturated rings. The molecule has 2 atom stereocenters. The molecule has 2 unspecified atom stereocenters. The van der Waals surface area contributed by atoms with Crippen LogP contribution in [0.4, 0.5) is 10.2 Å². The third kappa shape index (κ3) is 4.14. The fraction of sp³-hybridized carbons (Fsp3) is 0.263. The number of ether oxygens (including phenoxy) is 1. The number of aromatic amines is 1. The largest absolute Gasteiger partial charge is 0.497 e. The van der Waals surface area contributed by atoms with Crippen molar-refractivity contribution in [1.29, 1.82) is 4.78 Å². The van der Waals surface area contributed by atoms with Crippen LogP contribution in [0.15, 0.2) is 41.4 Å². The van der Waals surface area contributed by atoms with Gasteiger partial charge in [-0.3, -0.25) is 0 Å². The van der Waals surface area contributed by atoms with Crippen molar-refractivity contribution in [2.75, 3.05) is 18.7 Å². The zero-order valence-corrected chi connectivity index (χ0v) is 16.9. The number of anilines is 1. The Morgan fingerprint density at radius 1 is 1.25 bits per heavy atom. The number of imidazole rings is 1. The second-order valence-electron chi connectivity index (χ2n) is 6.51. The van der Waals surface area contributed by atoms with Crippen molar-refractivity contribution in [3.63, 3.8) is 0 Å². The normalized spacial score (nSPS) is 14.3. The summed E-state index contributed by atoms with van der Waals surface area (Å²) in [4.78, 5) is 11.8. The molecule has 9 heteroatoms. The van der Waals surface area contributed by atoms with Crippen molar-refractivity contribution in [3.05, 3.63) is 65.0 Å². The second kappa shape index (κ2) is 7.59. The van der Waals surface area contributed by atoms with E-state index in [4.69, 9.17) is 9.52 Å². The number of hydrogen-bond acceptors (Lipinski definition) is 6. The van der Waals surface area contributed by atoms with E-state index in [0.29, 0.717) is 23.1 Å².